The lowest BCUT2D eigenvalue weighted by Crippen LogP contribution is -2.34. The van der Waals surface area contributed by atoms with Gasteiger partial charge in [-0.25, -0.2) is 4.39 Å². The predicted molar refractivity (Wildman–Crippen MR) is 59.4 cm³/mol. The van der Waals surface area contributed by atoms with E-state index in [0.717, 1.165) is 32.0 Å². The standard InChI is InChI=1S/C12H15F2NO2/c1-16-12-10(3-2-9(13)11(12)14)17-8-4-6-15-7-5-8/h2-3,8,15H,4-7H2,1H3. The van der Waals surface area contributed by atoms with Crippen molar-refractivity contribution in [2.24, 2.45) is 0 Å². The molecule has 1 aliphatic heterocycles. The number of ether oxygens (including phenoxy) is 2. The lowest BCUT2D eigenvalue weighted by Gasteiger charge is -2.24. The Balaban J connectivity index is 2.17. The van der Waals surface area contributed by atoms with Crippen LogP contribution in [0, 0.1) is 11.6 Å². The van der Waals surface area contributed by atoms with Crippen molar-refractivity contribution in [1.29, 1.82) is 0 Å². The summed E-state index contributed by atoms with van der Waals surface area (Å²) >= 11 is 0. The number of benzene rings is 1. The topological polar surface area (TPSA) is 30.5 Å². The molecular formula is C12H15F2NO2. The van der Waals surface area contributed by atoms with E-state index in [9.17, 15) is 8.78 Å². The zero-order valence-electron chi connectivity index (χ0n) is 9.63. The Hall–Kier alpha value is -1.36. The van der Waals surface area contributed by atoms with Crippen molar-refractivity contribution in [3.05, 3.63) is 23.8 Å². The fourth-order valence-corrected chi connectivity index (χ4v) is 1.89. The first kappa shape index (κ1) is 12.1. The van der Waals surface area contributed by atoms with Gasteiger partial charge in [-0.05, 0) is 38.1 Å². The summed E-state index contributed by atoms with van der Waals surface area (Å²) in [5, 5.41) is 3.20. The van der Waals surface area contributed by atoms with E-state index >= 15 is 0 Å². The van der Waals surface area contributed by atoms with Gasteiger partial charge in [0.05, 0.1) is 7.11 Å². The molecule has 0 spiro atoms. The molecule has 0 bridgehead atoms. The monoisotopic (exact) mass is 243 g/mol. The lowest BCUT2D eigenvalue weighted by atomic mass is 10.1. The fraction of sp³-hybridized carbons (Fsp3) is 0.500. The average Bonchev–Trinajstić information content (AvgIpc) is 2.36. The summed E-state index contributed by atoms with van der Waals surface area (Å²) in [7, 11) is 1.30. The van der Waals surface area contributed by atoms with Crippen LogP contribution in [0.3, 0.4) is 0 Å². The molecule has 0 saturated carbocycles. The highest BCUT2D eigenvalue weighted by atomic mass is 19.2. The highest BCUT2D eigenvalue weighted by Gasteiger charge is 2.20. The number of halogens is 2. The maximum Gasteiger partial charge on any atom is 0.204 e. The summed E-state index contributed by atoms with van der Waals surface area (Å²) in [4.78, 5) is 0. The van der Waals surface area contributed by atoms with Gasteiger partial charge in [-0.3, -0.25) is 0 Å². The molecule has 0 atom stereocenters. The van der Waals surface area contributed by atoms with Crippen molar-refractivity contribution < 1.29 is 18.3 Å². The average molecular weight is 243 g/mol. The molecule has 17 heavy (non-hydrogen) atoms. The van der Waals surface area contributed by atoms with Crippen molar-refractivity contribution in [2.75, 3.05) is 20.2 Å². The third-order valence-corrected chi connectivity index (χ3v) is 2.80. The number of nitrogens with one attached hydrogen (secondary N) is 1. The second kappa shape index (κ2) is 5.31. The number of rotatable bonds is 3. The zero-order valence-corrected chi connectivity index (χ0v) is 9.63. The summed E-state index contributed by atoms with van der Waals surface area (Å²) in [6.07, 6.45) is 1.72. The van der Waals surface area contributed by atoms with Crippen LogP contribution in [0.5, 0.6) is 11.5 Å². The van der Waals surface area contributed by atoms with E-state index in [1.807, 2.05) is 0 Å². The Kier molecular flexibility index (Phi) is 3.78. The molecule has 0 radical (unpaired) electrons. The number of piperidine rings is 1. The van der Waals surface area contributed by atoms with Gasteiger partial charge in [0.25, 0.3) is 0 Å². The largest absolute Gasteiger partial charge is 0.490 e. The molecule has 1 aliphatic rings. The van der Waals surface area contributed by atoms with Crippen LogP contribution in [0.15, 0.2) is 12.1 Å². The van der Waals surface area contributed by atoms with Crippen molar-refractivity contribution in [3.63, 3.8) is 0 Å². The van der Waals surface area contributed by atoms with Gasteiger partial charge < -0.3 is 14.8 Å². The molecular weight excluding hydrogens is 228 g/mol. The van der Waals surface area contributed by atoms with Crippen molar-refractivity contribution in [2.45, 2.75) is 18.9 Å². The van der Waals surface area contributed by atoms with Crippen LogP contribution >= 0.6 is 0 Å². The molecule has 3 nitrogen and oxygen atoms in total. The van der Waals surface area contributed by atoms with Gasteiger partial charge >= 0.3 is 0 Å². The van der Waals surface area contributed by atoms with E-state index < -0.39 is 11.6 Å². The van der Waals surface area contributed by atoms with Crippen molar-refractivity contribution >= 4 is 0 Å². The quantitative estimate of drug-likeness (QED) is 0.882. The minimum atomic E-state index is -1.00. The first-order chi connectivity index (χ1) is 8.22. The smallest absolute Gasteiger partial charge is 0.204 e. The van der Waals surface area contributed by atoms with E-state index in [0.29, 0.717) is 0 Å². The van der Waals surface area contributed by atoms with Gasteiger partial charge in [0.2, 0.25) is 5.82 Å². The summed E-state index contributed by atoms with van der Waals surface area (Å²) < 4.78 is 36.9. The molecule has 0 aliphatic carbocycles. The molecule has 1 aromatic carbocycles. The zero-order chi connectivity index (χ0) is 12.3. The van der Waals surface area contributed by atoms with E-state index in [-0.39, 0.29) is 17.6 Å². The Bertz CT molecular complexity index is 392. The first-order valence-electron chi connectivity index (χ1n) is 5.61. The number of hydrogen-bond donors (Lipinski definition) is 1. The van der Waals surface area contributed by atoms with Crippen LogP contribution in [0.25, 0.3) is 0 Å². The van der Waals surface area contributed by atoms with E-state index in [1.54, 1.807) is 0 Å². The van der Waals surface area contributed by atoms with Crippen LogP contribution in [0.2, 0.25) is 0 Å². The molecule has 0 unspecified atom stereocenters. The fourth-order valence-electron chi connectivity index (χ4n) is 1.89. The molecule has 1 N–H and O–H groups in total. The van der Waals surface area contributed by atoms with Crippen LogP contribution < -0.4 is 14.8 Å². The molecule has 1 aromatic rings. The minimum Gasteiger partial charge on any atom is -0.490 e. The third-order valence-electron chi connectivity index (χ3n) is 2.80. The van der Waals surface area contributed by atoms with Gasteiger partial charge in [-0.2, -0.15) is 4.39 Å². The summed E-state index contributed by atoms with van der Waals surface area (Å²) in [6.45, 7) is 1.74. The van der Waals surface area contributed by atoms with Crippen molar-refractivity contribution in [3.8, 4) is 11.5 Å². The molecule has 94 valence electrons. The Morgan fingerprint density at radius 2 is 1.94 bits per heavy atom. The Morgan fingerprint density at radius 3 is 2.59 bits per heavy atom. The molecule has 1 saturated heterocycles. The van der Waals surface area contributed by atoms with Gasteiger partial charge in [0.15, 0.2) is 17.3 Å². The van der Waals surface area contributed by atoms with Gasteiger partial charge in [0.1, 0.15) is 6.10 Å². The summed E-state index contributed by atoms with van der Waals surface area (Å²) in [5.41, 5.74) is 0. The van der Waals surface area contributed by atoms with Gasteiger partial charge in [-0.15, -0.1) is 0 Å². The van der Waals surface area contributed by atoms with Crippen LogP contribution in [0.4, 0.5) is 8.78 Å². The summed E-state index contributed by atoms with van der Waals surface area (Å²) in [6, 6.07) is 2.45. The summed E-state index contributed by atoms with van der Waals surface area (Å²) in [5.74, 6) is -1.83. The van der Waals surface area contributed by atoms with Crippen LogP contribution in [0.1, 0.15) is 12.8 Å². The molecule has 0 aromatic heterocycles. The molecule has 1 fully saturated rings. The lowest BCUT2D eigenvalue weighted by molar-refractivity contribution is 0.154. The molecule has 5 heteroatoms. The first-order valence-corrected chi connectivity index (χ1v) is 5.61. The SMILES string of the molecule is COc1c(OC2CCNCC2)ccc(F)c1F. The van der Waals surface area contributed by atoms with E-state index in [2.05, 4.69) is 5.32 Å². The second-order valence-corrected chi connectivity index (χ2v) is 3.96. The molecule has 0 amide bonds. The van der Waals surface area contributed by atoms with Crippen molar-refractivity contribution in [1.82, 2.24) is 5.32 Å². The molecule has 1 heterocycles. The predicted octanol–water partition coefficient (Wildman–Crippen LogP) is 2.10. The van der Waals surface area contributed by atoms with Gasteiger partial charge in [0, 0.05) is 0 Å². The minimum absolute atomic E-state index is 0.0232. The van der Waals surface area contributed by atoms with Gasteiger partial charge in [-0.1, -0.05) is 0 Å². The third kappa shape index (κ3) is 2.66. The van der Waals surface area contributed by atoms with Crippen LogP contribution in [-0.2, 0) is 0 Å². The Labute approximate surface area is 98.7 Å². The Morgan fingerprint density at radius 1 is 1.24 bits per heavy atom. The maximum atomic E-state index is 13.4. The van der Waals surface area contributed by atoms with Crippen LogP contribution in [-0.4, -0.2) is 26.3 Å². The maximum absolute atomic E-state index is 13.4. The van der Waals surface area contributed by atoms with E-state index in [4.69, 9.17) is 9.47 Å². The highest BCUT2D eigenvalue weighted by Crippen LogP contribution is 2.33. The normalized spacial score (nSPS) is 16.9. The number of hydrogen-bond acceptors (Lipinski definition) is 3. The highest BCUT2D eigenvalue weighted by molar-refractivity contribution is 5.41. The molecule has 2 rings (SSSR count). The van der Waals surface area contributed by atoms with E-state index in [1.165, 1.54) is 13.2 Å². The number of methoxy groups -OCH3 is 1. The second-order valence-electron chi connectivity index (χ2n) is 3.96.